The van der Waals surface area contributed by atoms with Crippen LogP contribution in [0.2, 0.25) is 50.5 Å². The first kappa shape index (κ1) is 27.5. The Morgan fingerprint density at radius 3 is 2.37 bits per heavy atom. The summed E-state index contributed by atoms with van der Waals surface area (Å²) in [5, 5.41) is 10.0. The maximum Gasteiger partial charge on any atom is 0.314 e. The van der Waals surface area contributed by atoms with Gasteiger partial charge in [-0.15, -0.1) is 0 Å². The molecule has 0 aliphatic carbocycles. The first-order valence-electron chi connectivity index (χ1n) is 10.3. The Hall–Kier alpha value is 0.468. The van der Waals surface area contributed by atoms with E-state index in [1.54, 1.807) is 0 Å². The minimum Gasteiger partial charge on any atom is -0.439 e. The van der Waals surface area contributed by atoms with Gasteiger partial charge in [-0.1, -0.05) is 13.8 Å². The standard InChI is InChI=1S/C17H43NO5Si4/c1-9-12-18(3)17(19)15-21-13-11-14-27(8,23-26(5,6)7)22-24(4)16-25(20)10-2/h17,19,24H,9-16H2,1-8H3. The molecule has 27 heavy (non-hydrogen) atoms. The predicted molar refractivity (Wildman–Crippen MR) is 121 cm³/mol. The van der Waals surface area contributed by atoms with Crippen LogP contribution < -0.4 is 0 Å². The fourth-order valence-electron chi connectivity index (χ4n) is 3.03. The zero-order chi connectivity index (χ0) is 21.1. The predicted octanol–water partition coefficient (Wildman–Crippen LogP) is 3.33. The molecule has 0 radical (unpaired) electrons. The van der Waals surface area contributed by atoms with Gasteiger partial charge in [0, 0.05) is 18.8 Å². The summed E-state index contributed by atoms with van der Waals surface area (Å²) in [5.41, 5.74) is 0.769. The highest BCUT2D eigenvalue weighted by Gasteiger charge is 2.37. The number of aliphatic hydroxyl groups excluding tert-OH is 1. The van der Waals surface area contributed by atoms with E-state index in [2.05, 4.69) is 39.7 Å². The van der Waals surface area contributed by atoms with E-state index in [9.17, 15) is 9.57 Å². The van der Waals surface area contributed by atoms with Crippen molar-refractivity contribution < 1.29 is 22.5 Å². The summed E-state index contributed by atoms with van der Waals surface area (Å²) in [7, 11) is -5.07. The molecule has 162 valence electrons. The fraction of sp³-hybridized carbons (Fsp3) is 1.00. The number of hydrogen-bond acceptors (Lipinski definition) is 6. The highest BCUT2D eigenvalue weighted by atomic mass is 28.5. The Morgan fingerprint density at radius 2 is 1.85 bits per heavy atom. The van der Waals surface area contributed by atoms with Crippen molar-refractivity contribution >= 4 is 34.6 Å². The molecule has 0 aromatic rings. The quantitative estimate of drug-likeness (QED) is 0.220. The van der Waals surface area contributed by atoms with Gasteiger partial charge in [0.1, 0.15) is 6.23 Å². The van der Waals surface area contributed by atoms with Crippen molar-refractivity contribution in [2.24, 2.45) is 0 Å². The molecular formula is C17H43NO5Si4. The summed E-state index contributed by atoms with van der Waals surface area (Å²) in [6, 6.07) is 1.64. The number of ether oxygens (including phenoxy) is 1. The second-order valence-corrected chi connectivity index (χ2v) is 22.3. The normalized spacial score (nSPS) is 17.0. The van der Waals surface area contributed by atoms with Crippen molar-refractivity contribution in [2.75, 3.05) is 26.8 Å². The van der Waals surface area contributed by atoms with Gasteiger partial charge in [0.05, 0.1) is 6.61 Å². The van der Waals surface area contributed by atoms with Crippen LogP contribution in [0.1, 0.15) is 26.7 Å². The lowest BCUT2D eigenvalue weighted by Gasteiger charge is -2.36. The largest absolute Gasteiger partial charge is 0.439 e. The topological polar surface area (TPSA) is 68.2 Å². The molecule has 0 rings (SSSR count). The molecule has 0 amide bonds. The third-order valence-corrected chi connectivity index (χ3v) is 18.1. The third kappa shape index (κ3) is 14.1. The third-order valence-electron chi connectivity index (χ3n) is 4.15. The van der Waals surface area contributed by atoms with Crippen LogP contribution in [0.4, 0.5) is 0 Å². The minimum atomic E-state index is -2.29. The number of aliphatic hydroxyl groups is 1. The zero-order valence-electron chi connectivity index (χ0n) is 18.8. The molecule has 0 aliphatic heterocycles. The summed E-state index contributed by atoms with van der Waals surface area (Å²) in [6.45, 7) is 16.7. The van der Waals surface area contributed by atoms with Gasteiger partial charge in [-0.25, -0.2) is 0 Å². The van der Waals surface area contributed by atoms with Crippen LogP contribution in [-0.2, 0) is 17.4 Å². The van der Waals surface area contributed by atoms with Crippen molar-refractivity contribution in [3.8, 4) is 0 Å². The molecule has 1 N–H and O–H groups in total. The molecule has 6 nitrogen and oxygen atoms in total. The molecule has 0 bridgehead atoms. The van der Waals surface area contributed by atoms with E-state index in [4.69, 9.17) is 13.0 Å². The van der Waals surface area contributed by atoms with E-state index in [0.29, 0.717) is 13.2 Å². The van der Waals surface area contributed by atoms with Gasteiger partial charge in [-0.2, -0.15) is 0 Å². The van der Waals surface area contributed by atoms with Crippen molar-refractivity contribution in [3.63, 3.8) is 0 Å². The smallest absolute Gasteiger partial charge is 0.314 e. The number of nitrogens with zero attached hydrogens (tertiary/aromatic N) is 1. The monoisotopic (exact) mass is 453 g/mol. The molecule has 0 spiro atoms. The first-order valence-corrected chi connectivity index (χ1v) is 20.5. The Bertz CT molecular complexity index is 425. The Kier molecular flexibility index (Phi) is 13.9. The average Bonchev–Trinajstić information content (AvgIpc) is 2.52. The van der Waals surface area contributed by atoms with Crippen molar-refractivity contribution in [2.45, 2.75) is 83.4 Å². The summed E-state index contributed by atoms with van der Waals surface area (Å²) in [4.78, 5) is 1.90. The molecule has 0 aliphatic rings. The van der Waals surface area contributed by atoms with E-state index >= 15 is 0 Å². The van der Waals surface area contributed by atoms with Crippen LogP contribution in [0, 0.1) is 0 Å². The van der Waals surface area contributed by atoms with Crippen molar-refractivity contribution in [1.29, 1.82) is 0 Å². The Labute approximate surface area is 172 Å². The van der Waals surface area contributed by atoms with Crippen molar-refractivity contribution in [3.05, 3.63) is 0 Å². The second-order valence-electron chi connectivity index (χ2n) is 8.51. The van der Waals surface area contributed by atoms with Gasteiger partial charge in [0.25, 0.3) is 8.68 Å². The SMILES string of the molecule is CCCN(C)C(O)COCCC[Si](C)(O[SiH](C)C[Si](=O)CC)O[Si](C)(C)C. The van der Waals surface area contributed by atoms with Gasteiger partial charge in [0.15, 0.2) is 17.4 Å². The van der Waals surface area contributed by atoms with E-state index < -0.39 is 40.8 Å². The maximum atomic E-state index is 11.9. The highest BCUT2D eigenvalue weighted by Crippen LogP contribution is 2.23. The number of rotatable bonds is 16. The van der Waals surface area contributed by atoms with E-state index in [1.807, 2.05) is 18.9 Å². The molecule has 0 saturated heterocycles. The van der Waals surface area contributed by atoms with Gasteiger partial charge in [-0.05, 0) is 64.7 Å². The molecule has 0 aromatic heterocycles. The van der Waals surface area contributed by atoms with E-state index in [0.717, 1.165) is 37.1 Å². The van der Waals surface area contributed by atoms with Gasteiger partial charge >= 0.3 is 8.56 Å². The van der Waals surface area contributed by atoms with E-state index in [1.165, 1.54) is 0 Å². The van der Waals surface area contributed by atoms with Gasteiger partial charge in [0.2, 0.25) is 0 Å². The molecule has 0 aromatic carbocycles. The zero-order valence-corrected chi connectivity index (χ0v) is 23.0. The first-order chi connectivity index (χ1) is 12.4. The molecule has 0 fully saturated rings. The van der Waals surface area contributed by atoms with Crippen LogP contribution in [0.25, 0.3) is 0 Å². The molecule has 3 unspecified atom stereocenters. The van der Waals surface area contributed by atoms with Crippen LogP contribution in [0.5, 0.6) is 0 Å². The molecule has 0 saturated carbocycles. The maximum absolute atomic E-state index is 11.9. The van der Waals surface area contributed by atoms with Crippen LogP contribution in [0.3, 0.4) is 0 Å². The van der Waals surface area contributed by atoms with Gasteiger partial charge < -0.3 is 22.5 Å². The Balaban J connectivity index is 4.50. The molecule has 3 atom stereocenters. The fourth-order valence-corrected chi connectivity index (χ4v) is 18.7. The lowest BCUT2D eigenvalue weighted by molar-refractivity contribution is -0.0469. The number of hydrogen-bond donors (Lipinski definition) is 1. The molecular weight excluding hydrogens is 411 g/mol. The van der Waals surface area contributed by atoms with Crippen molar-refractivity contribution in [1.82, 2.24) is 4.90 Å². The van der Waals surface area contributed by atoms with Crippen LogP contribution >= 0.6 is 0 Å². The number of likely N-dealkylation sites (N-methyl/N-ethyl adjacent to an activating group) is 1. The second kappa shape index (κ2) is 13.6. The summed E-state index contributed by atoms with van der Waals surface area (Å²) in [6.07, 6.45) is 1.32. The summed E-state index contributed by atoms with van der Waals surface area (Å²) in [5.74, 6) is 0. The lowest BCUT2D eigenvalue weighted by atomic mass is 10.4. The van der Waals surface area contributed by atoms with Crippen LogP contribution in [0.15, 0.2) is 0 Å². The van der Waals surface area contributed by atoms with Gasteiger partial charge in [-0.3, -0.25) is 4.90 Å². The minimum absolute atomic E-state index is 0.328. The van der Waals surface area contributed by atoms with Crippen LogP contribution in [-0.4, -0.2) is 77.6 Å². The summed E-state index contributed by atoms with van der Waals surface area (Å²) >= 11 is 0. The average molecular weight is 454 g/mol. The molecule has 10 heteroatoms. The highest BCUT2D eigenvalue weighted by molar-refractivity contribution is 6.85. The molecule has 0 heterocycles. The summed E-state index contributed by atoms with van der Waals surface area (Å²) < 4.78 is 30.6. The lowest BCUT2D eigenvalue weighted by Crippen LogP contribution is -2.50. The van der Waals surface area contributed by atoms with E-state index in [-0.39, 0.29) is 0 Å². The Morgan fingerprint density at radius 1 is 1.22 bits per heavy atom.